The molecule has 0 fully saturated rings. The van der Waals surface area contributed by atoms with Crippen molar-refractivity contribution in [3.8, 4) is 0 Å². The average molecular weight is 314 g/mol. The Morgan fingerprint density at radius 1 is 1.56 bits per heavy atom. The number of halogens is 2. The Hall–Kier alpha value is -1.36. The molecule has 18 heavy (non-hydrogen) atoms. The highest BCUT2D eigenvalue weighted by Crippen LogP contribution is 2.06. The van der Waals surface area contributed by atoms with Gasteiger partial charge in [-0.15, -0.1) is 0 Å². The molecule has 0 bridgehead atoms. The van der Waals surface area contributed by atoms with Crippen LogP contribution in [0.5, 0.6) is 0 Å². The summed E-state index contributed by atoms with van der Waals surface area (Å²) in [5.41, 5.74) is 0.901. The van der Waals surface area contributed by atoms with Gasteiger partial charge in [-0.3, -0.25) is 4.99 Å². The van der Waals surface area contributed by atoms with Crippen LogP contribution in [0.4, 0.5) is 4.39 Å². The molecule has 0 heterocycles. The van der Waals surface area contributed by atoms with Crippen LogP contribution in [0.2, 0.25) is 0 Å². The Labute approximate surface area is 116 Å². The lowest BCUT2D eigenvalue weighted by Crippen LogP contribution is -2.38. The SMILES string of the molecule is C=C(Br)CNC(=NC)N(C)Cc1cccc(F)c1. The minimum absolute atomic E-state index is 0.224. The van der Waals surface area contributed by atoms with E-state index in [2.05, 4.69) is 32.8 Å². The molecule has 98 valence electrons. The van der Waals surface area contributed by atoms with Gasteiger partial charge in [-0.2, -0.15) is 0 Å². The summed E-state index contributed by atoms with van der Waals surface area (Å²) in [6, 6.07) is 6.55. The van der Waals surface area contributed by atoms with Crippen LogP contribution in [-0.2, 0) is 6.54 Å². The van der Waals surface area contributed by atoms with E-state index in [1.165, 1.54) is 12.1 Å². The first-order chi connectivity index (χ1) is 8.52. The van der Waals surface area contributed by atoms with Gasteiger partial charge in [0.1, 0.15) is 5.82 Å². The highest BCUT2D eigenvalue weighted by atomic mass is 79.9. The van der Waals surface area contributed by atoms with Gasteiger partial charge in [0.15, 0.2) is 5.96 Å². The molecule has 0 aliphatic rings. The summed E-state index contributed by atoms with van der Waals surface area (Å²) in [6.45, 7) is 4.93. The number of hydrogen-bond acceptors (Lipinski definition) is 1. The molecule has 0 aliphatic carbocycles. The largest absolute Gasteiger partial charge is 0.352 e. The maximum atomic E-state index is 13.1. The molecule has 0 amide bonds. The summed E-state index contributed by atoms with van der Waals surface area (Å²) in [4.78, 5) is 6.08. The molecule has 0 saturated heterocycles. The topological polar surface area (TPSA) is 27.6 Å². The number of guanidine groups is 1. The molecule has 1 aromatic rings. The van der Waals surface area contributed by atoms with Gasteiger partial charge in [0, 0.05) is 31.7 Å². The van der Waals surface area contributed by atoms with Crippen molar-refractivity contribution in [3.63, 3.8) is 0 Å². The van der Waals surface area contributed by atoms with Crippen molar-refractivity contribution in [1.29, 1.82) is 0 Å². The monoisotopic (exact) mass is 313 g/mol. The first-order valence-corrected chi connectivity index (χ1v) is 6.31. The first kappa shape index (κ1) is 14.7. The third-order valence-electron chi connectivity index (χ3n) is 2.32. The van der Waals surface area contributed by atoms with Crippen LogP contribution in [0, 0.1) is 5.82 Å². The van der Waals surface area contributed by atoms with E-state index < -0.39 is 0 Å². The summed E-state index contributed by atoms with van der Waals surface area (Å²) in [5.74, 6) is 0.512. The van der Waals surface area contributed by atoms with E-state index in [1.54, 1.807) is 13.1 Å². The zero-order valence-corrected chi connectivity index (χ0v) is 12.2. The van der Waals surface area contributed by atoms with Crippen LogP contribution in [0.15, 0.2) is 40.3 Å². The van der Waals surface area contributed by atoms with Crippen LogP contribution in [0.1, 0.15) is 5.56 Å². The molecule has 0 aliphatic heterocycles. The zero-order chi connectivity index (χ0) is 13.5. The lowest BCUT2D eigenvalue weighted by atomic mass is 10.2. The number of nitrogens with zero attached hydrogens (tertiary/aromatic N) is 2. The van der Waals surface area contributed by atoms with Gasteiger partial charge < -0.3 is 10.2 Å². The van der Waals surface area contributed by atoms with E-state index in [0.29, 0.717) is 13.1 Å². The van der Waals surface area contributed by atoms with Crippen LogP contribution < -0.4 is 5.32 Å². The lowest BCUT2D eigenvalue weighted by molar-refractivity contribution is 0.478. The highest BCUT2D eigenvalue weighted by molar-refractivity contribution is 9.11. The van der Waals surface area contributed by atoms with Crippen molar-refractivity contribution < 1.29 is 4.39 Å². The summed E-state index contributed by atoms with van der Waals surface area (Å²) in [5, 5.41) is 3.14. The van der Waals surface area contributed by atoms with Crippen LogP contribution >= 0.6 is 15.9 Å². The Morgan fingerprint density at radius 3 is 2.83 bits per heavy atom. The fourth-order valence-electron chi connectivity index (χ4n) is 1.54. The third-order valence-corrected chi connectivity index (χ3v) is 2.60. The number of hydrogen-bond donors (Lipinski definition) is 1. The Bertz CT molecular complexity index is 446. The molecule has 3 nitrogen and oxygen atoms in total. The predicted octanol–water partition coefficient (Wildman–Crippen LogP) is 2.74. The third kappa shape index (κ3) is 4.87. The van der Waals surface area contributed by atoms with E-state index in [9.17, 15) is 4.39 Å². The van der Waals surface area contributed by atoms with Gasteiger partial charge in [-0.1, -0.05) is 34.6 Å². The predicted molar refractivity (Wildman–Crippen MR) is 77.3 cm³/mol. The molecular weight excluding hydrogens is 297 g/mol. The first-order valence-electron chi connectivity index (χ1n) is 5.52. The summed E-state index contributed by atoms with van der Waals surface area (Å²) < 4.78 is 13.9. The fourth-order valence-corrected chi connectivity index (χ4v) is 1.68. The highest BCUT2D eigenvalue weighted by Gasteiger charge is 2.06. The Balaban J connectivity index is 2.62. The molecule has 0 saturated carbocycles. The van der Waals surface area contributed by atoms with Crippen molar-refractivity contribution in [2.45, 2.75) is 6.54 Å². The Kier molecular flexibility index (Phi) is 5.85. The van der Waals surface area contributed by atoms with E-state index in [4.69, 9.17) is 0 Å². The Morgan fingerprint density at radius 2 is 2.28 bits per heavy atom. The molecular formula is C13H17BrFN3. The molecule has 0 radical (unpaired) electrons. The minimum atomic E-state index is -0.224. The molecule has 0 aromatic heterocycles. The normalized spacial score (nSPS) is 11.2. The van der Waals surface area contributed by atoms with E-state index in [-0.39, 0.29) is 5.82 Å². The average Bonchev–Trinajstić information content (AvgIpc) is 2.29. The molecule has 1 N–H and O–H groups in total. The molecule has 1 rings (SSSR count). The van der Waals surface area contributed by atoms with E-state index in [0.717, 1.165) is 16.0 Å². The second-order valence-electron chi connectivity index (χ2n) is 3.90. The van der Waals surface area contributed by atoms with Gasteiger partial charge in [-0.05, 0) is 17.7 Å². The second-order valence-corrected chi connectivity index (χ2v) is 5.03. The fraction of sp³-hybridized carbons (Fsp3) is 0.308. The lowest BCUT2D eigenvalue weighted by Gasteiger charge is -2.22. The molecule has 5 heteroatoms. The molecule has 0 unspecified atom stereocenters. The maximum absolute atomic E-state index is 13.1. The molecule has 0 atom stereocenters. The van der Waals surface area contributed by atoms with Gasteiger partial charge in [0.25, 0.3) is 0 Å². The number of benzene rings is 1. The number of rotatable bonds is 4. The van der Waals surface area contributed by atoms with Crippen LogP contribution in [-0.4, -0.2) is 31.5 Å². The van der Waals surface area contributed by atoms with Crippen molar-refractivity contribution >= 4 is 21.9 Å². The number of aliphatic imine (C=N–C) groups is 1. The van der Waals surface area contributed by atoms with Crippen LogP contribution in [0.25, 0.3) is 0 Å². The van der Waals surface area contributed by atoms with Gasteiger partial charge >= 0.3 is 0 Å². The maximum Gasteiger partial charge on any atom is 0.193 e. The minimum Gasteiger partial charge on any atom is -0.352 e. The summed E-state index contributed by atoms with van der Waals surface area (Å²) in [6.07, 6.45) is 0. The summed E-state index contributed by atoms with van der Waals surface area (Å²) >= 11 is 3.28. The molecule has 1 aromatic carbocycles. The standard InChI is InChI=1S/C13H17BrFN3/c1-10(14)8-17-13(16-2)18(3)9-11-5-4-6-12(15)7-11/h4-7H,1,8-9H2,2-3H3,(H,16,17). The van der Waals surface area contributed by atoms with Crippen molar-refractivity contribution in [2.75, 3.05) is 20.6 Å². The van der Waals surface area contributed by atoms with Gasteiger partial charge in [-0.25, -0.2) is 4.39 Å². The van der Waals surface area contributed by atoms with E-state index in [1.807, 2.05) is 18.0 Å². The zero-order valence-electron chi connectivity index (χ0n) is 10.6. The quantitative estimate of drug-likeness (QED) is 0.683. The molecule has 0 spiro atoms. The summed E-state index contributed by atoms with van der Waals surface area (Å²) in [7, 11) is 3.61. The number of nitrogens with one attached hydrogen (secondary N) is 1. The second kappa shape index (κ2) is 7.16. The van der Waals surface area contributed by atoms with Gasteiger partial charge in [0.05, 0.1) is 0 Å². The van der Waals surface area contributed by atoms with E-state index >= 15 is 0 Å². The van der Waals surface area contributed by atoms with Crippen molar-refractivity contribution in [3.05, 3.63) is 46.7 Å². The smallest absolute Gasteiger partial charge is 0.193 e. The van der Waals surface area contributed by atoms with Gasteiger partial charge in [0.2, 0.25) is 0 Å². The van der Waals surface area contributed by atoms with Crippen LogP contribution in [0.3, 0.4) is 0 Å². The van der Waals surface area contributed by atoms with Crippen molar-refractivity contribution in [1.82, 2.24) is 10.2 Å². The van der Waals surface area contributed by atoms with Crippen molar-refractivity contribution in [2.24, 2.45) is 4.99 Å².